The molecule has 1 unspecified atom stereocenters. The van der Waals surface area contributed by atoms with Gasteiger partial charge in [-0.25, -0.2) is 0 Å². The molecule has 0 radical (unpaired) electrons. The molecule has 7 nitrogen and oxygen atoms in total. The molecule has 182 valence electrons. The van der Waals surface area contributed by atoms with E-state index >= 15 is 0 Å². The van der Waals surface area contributed by atoms with Crippen molar-refractivity contribution in [3.8, 4) is 11.5 Å². The summed E-state index contributed by atoms with van der Waals surface area (Å²) in [5.41, 5.74) is 0.513. The summed E-state index contributed by atoms with van der Waals surface area (Å²) in [5.74, 6) is 1.04. The van der Waals surface area contributed by atoms with Gasteiger partial charge >= 0.3 is 0 Å². The van der Waals surface area contributed by atoms with Crippen molar-refractivity contribution in [1.29, 1.82) is 0 Å². The number of nitrogens with one attached hydrogen (secondary N) is 1. The zero-order valence-electron chi connectivity index (χ0n) is 20.8. The van der Waals surface area contributed by atoms with Gasteiger partial charge in [-0.05, 0) is 44.4 Å². The van der Waals surface area contributed by atoms with Crippen LogP contribution in [-0.2, 0) is 9.59 Å². The van der Waals surface area contributed by atoms with Gasteiger partial charge in [0.1, 0.15) is 17.0 Å². The van der Waals surface area contributed by atoms with E-state index in [1.807, 2.05) is 37.9 Å². The predicted octanol–water partition coefficient (Wildman–Crippen LogP) is 4.00. The lowest BCUT2D eigenvalue weighted by atomic mass is 9.95. The van der Waals surface area contributed by atoms with Gasteiger partial charge in [0.15, 0.2) is 0 Å². The number of anilines is 1. The quantitative estimate of drug-likeness (QED) is 0.654. The van der Waals surface area contributed by atoms with Gasteiger partial charge in [0.05, 0.1) is 19.9 Å². The lowest BCUT2D eigenvalue weighted by molar-refractivity contribution is -0.143. The monoisotopic (exact) mass is 457 g/mol. The summed E-state index contributed by atoms with van der Waals surface area (Å²) in [6, 6.07) is 3.85. The number of fused-ring (bicyclic) bond motifs is 1. The van der Waals surface area contributed by atoms with Gasteiger partial charge in [-0.2, -0.15) is 0 Å². The van der Waals surface area contributed by atoms with Crippen LogP contribution < -0.4 is 19.7 Å². The van der Waals surface area contributed by atoms with Crippen LogP contribution in [0.3, 0.4) is 0 Å². The molecule has 2 amide bonds. The summed E-state index contributed by atoms with van der Waals surface area (Å²) in [7, 11) is 5.17. The van der Waals surface area contributed by atoms with Crippen molar-refractivity contribution in [2.45, 2.75) is 70.4 Å². The van der Waals surface area contributed by atoms with E-state index in [4.69, 9.17) is 9.47 Å². The Balaban J connectivity index is 2.05. The lowest BCUT2D eigenvalue weighted by Crippen LogP contribution is -2.64. The van der Waals surface area contributed by atoms with Crippen molar-refractivity contribution in [3.63, 3.8) is 0 Å². The Hall–Kier alpha value is -2.70. The molecule has 1 saturated carbocycles. The number of methoxy groups -OCH3 is 2. The standard InChI is InChI=1S/C26H39N3O4/c1-6-17-29-23(30)16-13-20-21(32-4)14-15-22(33-5)24(20)28(3)18-26(29,2)25(31)27-19-11-9-7-8-10-12-19/h13-16,19H,6-12,17-18H2,1-5H3,(H,27,31)/b16-13+. The van der Waals surface area contributed by atoms with Gasteiger partial charge in [0.2, 0.25) is 11.8 Å². The third-order valence-electron chi connectivity index (χ3n) is 6.89. The van der Waals surface area contributed by atoms with Crippen molar-refractivity contribution < 1.29 is 19.1 Å². The van der Waals surface area contributed by atoms with Gasteiger partial charge in [-0.15, -0.1) is 0 Å². The largest absolute Gasteiger partial charge is 0.496 e. The number of nitrogens with zero attached hydrogens (tertiary/aromatic N) is 2. The Bertz CT molecular complexity index is 877. The highest BCUT2D eigenvalue weighted by atomic mass is 16.5. The highest BCUT2D eigenvalue weighted by Gasteiger charge is 2.44. The molecule has 1 aliphatic carbocycles. The van der Waals surface area contributed by atoms with Crippen LogP contribution in [0.5, 0.6) is 11.5 Å². The average Bonchev–Trinajstić information content (AvgIpc) is 3.06. The van der Waals surface area contributed by atoms with Crippen molar-refractivity contribution in [2.75, 3.05) is 39.3 Å². The third kappa shape index (κ3) is 5.28. The summed E-state index contributed by atoms with van der Waals surface area (Å²) in [4.78, 5) is 31.0. The summed E-state index contributed by atoms with van der Waals surface area (Å²) >= 11 is 0. The first kappa shape index (κ1) is 24.9. The van der Waals surface area contributed by atoms with E-state index in [1.165, 1.54) is 12.8 Å². The number of hydrogen-bond acceptors (Lipinski definition) is 5. The van der Waals surface area contributed by atoms with Crippen LogP contribution in [0.25, 0.3) is 6.08 Å². The summed E-state index contributed by atoms with van der Waals surface area (Å²) < 4.78 is 11.2. The number of carbonyl (C=O) groups excluding carboxylic acids is 2. The van der Waals surface area contributed by atoms with Crippen molar-refractivity contribution in [2.24, 2.45) is 0 Å². The SMILES string of the molecule is CCCN1C(=O)/C=C/c2c(OC)ccc(OC)c2N(C)CC1(C)C(=O)NC1CCCCCC1. The molecule has 7 heteroatoms. The molecule has 0 aromatic heterocycles. The van der Waals surface area contributed by atoms with E-state index in [9.17, 15) is 9.59 Å². The first-order valence-corrected chi connectivity index (χ1v) is 12.1. The molecule has 1 N–H and O–H groups in total. The lowest BCUT2D eigenvalue weighted by Gasteiger charge is -2.42. The fraction of sp³-hybridized carbons (Fsp3) is 0.615. The van der Waals surface area contributed by atoms with Gasteiger partial charge in [-0.3, -0.25) is 9.59 Å². The summed E-state index contributed by atoms with van der Waals surface area (Å²) in [6.45, 7) is 4.73. The van der Waals surface area contributed by atoms with Gasteiger partial charge in [-0.1, -0.05) is 32.6 Å². The van der Waals surface area contributed by atoms with Crippen LogP contribution in [0.4, 0.5) is 5.69 Å². The highest BCUT2D eigenvalue weighted by Crippen LogP contribution is 2.40. The van der Waals surface area contributed by atoms with Gasteiger partial charge in [0.25, 0.3) is 0 Å². The highest BCUT2D eigenvalue weighted by molar-refractivity contribution is 5.99. The molecular weight excluding hydrogens is 418 g/mol. The maximum atomic E-state index is 13.8. The summed E-state index contributed by atoms with van der Waals surface area (Å²) in [5, 5.41) is 3.30. The minimum Gasteiger partial charge on any atom is -0.496 e. The van der Waals surface area contributed by atoms with Crippen LogP contribution in [0, 0.1) is 0 Å². The Morgan fingerprint density at radius 1 is 1.09 bits per heavy atom. The minimum atomic E-state index is -1.05. The Labute approximate surface area is 198 Å². The van der Waals surface area contributed by atoms with E-state index < -0.39 is 5.54 Å². The van der Waals surface area contributed by atoms with Gasteiger partial charge < -0.3 is 24.6 Å². The van der Waals surface area contributed by atoms with Crippen LogP contribution >= 0.6 is 0 Å². The second-order valence-electron chi connectivity index (χ2n) is 9.35. The molecule has 0 spiro atoms. The van der Waals surface area contributed by atoms with Crippen LogP contribution in [0.15, 0.2) is 18.2 Å². The average molecular weight is 458 g/mol. The molecule has 1 atom stereocenters. The second-order valence-corrected chi connectivity index (χ2v) is 9.35. The van der Waals surface area contributed by atoms with Crippen LogP contribution in [0.2, 0.25) is 0 Å². The molecule has 1 fully saturated rings. The summed E-state index contributed by atoms with van der Waals surface area (Å²) in [6.07, 6.45) is 10.8. The number of carbonyl (C=O) groups is 2. The topological polar surface area (TPSA) is 71.1 Å². The van der Waals surface area contributed by atoms with Crippen LogP contribution in [0.1, 0.15) is 64.4 Å². The molecule has 0 saturated heterocycles. The molecule has 0 bridgehead atoms. The Kier molecular flexibility index (Phi) is 8.27. The number of rotatable bonds is 6. The van der Waals surface area contributed by atoms with Crippen molar-refractivity contribution >= 4 is 23.6 Å². The number of hydrogen-bond donors (Lipinski definition) is 1. The van der Waals surface area contributed by atoms with E-state index in [0.717, 1.165) is 43.4 Å². The Morgan fingerprint density at radius 2 is 1.73 bits per heavy atom. The predicted molar refractivity (Wildman–Crippen MR) is 132 cm³/mol. The number of likely N-dealkylation sites (N-methyl/N-ethyl adjacent to an activating group) is 1. The van der Waals surface area contributed by atoms with E-state index in [-0.39, 0.29) is 17.9 Å². The zero-order chi connectivity index (χ0) is 24.0. The van der Waals surface area contributed by atoms with Crippen molar-refractivity contribution in [3.05, 3.63) is 23.8 Å². The molecule has 2 aliphatic rings. The van der Waals surface area contributed by atoms with E-state index in [1.54, 1.807) is 31.3 Å². The number of amides is 2. The second kappa shape index (κ2) is 10.9. The first-order chi connectivity index (χ1) is 15.8. The molecule has 1 aliphatic heterocycles. The van der Waals surface area contributed by atoms with Crippen molar-refractivity contribution in [1.82, 2.24) is 10.2 Å². The van der Waals surface area contributed by atoms with E-state index in [0.29, 0.717) is 24.6 Å². The first-order valence-electron chi connectivity index (χ1n) is 12.1. The zero-order valence-corrected chi connectivity index (χ0v) is 20.8. The molecule has 1 aromatic rings. The van der Waals surface area contributed by atoms with Gasteiger partial charge in [0, 0.05) is 37.8 Å². The molecule has 33 heavy (non-hydrogen) atoms. The normalized spacial score (nSPS) is 23.0. The fourth-order valence-electron chi connectivity index (χ4n) is 5.12. The minimum absolute atomic E-state index is 0.0956. The third-order valence-corrected chi connectivity index (χ3v) is 6.89. The smallest absolute Gasteiger partial charge is 0.247 e. The molecular formula is C26H39N3O4. The Morgan fingerprint density at radius 3 is 2.33 bits per heavy atom. The fourth-order valence-corrected chi connectivity index (χ4v) is 5.12. The van der Waals surface area contributed by atoms with E-state index in [2.05, 4.69) is 5.32 Å². The maximum absolute atomic E-state index is 13.8. The molecule has 3 rings (SSSR count). The maximum Gasteiger partial charge on any atom is 0.247 e. The molecule has 1 aromatic carbocycles. The molecule has 1 heterocycles. The number of benzene rings is 1. The van der Waals surface area contributed by atoms with Crippen LogP contribution in [-0.4, -0.2) is 62.7 Å². The number of ether oxygens (including phenoxy) is 2.